The molecule has 3 saturated heterocycles. The van der Waals surface area contributed by atoms with Crippen molar-refractivity contribution in [3.63, 3.8) is 0 Å². The van der Waals surface area contributed by atoms with Crippen molar-refractivity contribution in [1.82, 2.24) is 0 Å². The molecule has 0 amide bonds. The van der Waals surface area contributed by atoms with E-state index in [1.165, 1.54) is 0 Å². The number of esters is 3. The molecule has 12 saturated carbocycles. The van der Waals surface area contributed by atoms with E-state index in [4.69, 9.17) is 33.2 Å². The van der Waals surface area contributed by atoms with Gasteiger partial charge in [-0.25, -0.2) is 4.79 Å². The van der Waals surface area contributed by atoms with E-state index in [0.717, 1.165) is 27.8 Å². The van der Waals surface area contributed by atoms with Gasteiger partial charge in [0, 0.05) is 41.1 Å². The summed E-state index contributed by atoms with van der Waals surface area (Å²) in [7, 11) is -6.29. The molecule has 12 bridgehead atoms. The van der Waals surface area contributed by atoms with Crippen LogP contribution in [0.2, 0.25) is 0 Å². The molecule has 514 valence electrons. The van der Waals surface area contributed by atoms with Crippen LogP contribution in [0.5, 0.6) is 0 Å². The van der Waals surface area contributed by atoms with Gasteiger partial charge >= 0.3 is 57.0 Å². The highest BCUT2D eigenvalue weighted by Crippen LogP contribution is 2.75. The van der Waals surface area contributed by atoms with Crippen molar-refractivity contribution >= 4 is 51.5 Å². The summed E-state index contributed by atoms with van der Waals surface area (Å²) >= 11 is 3.08. The third kappa shape index (κ3) is 10.3. The van der Waals surface area contributed by atoms with Crippen LogP contribution in [0.3, 0.4) is 0 Å². The molecule has 2 aromatic carbocycles. The molecule has 17 rings (SSSR count). The van der Waals surface area contributed by atoms with Crippen molar-refractivity contribution in [2.45, 2.75) is 198 Å². The van der Waals surface area contributed by atoms with Gasteiger partial charge in [-0.15, -0.1) is 23.5 Å². The summed E-state index contributed by atoms with van der Waals surface area (Å²) in [6.07, 6.45) is 3.68. The van der Waals surface area contributed by atoms with Gasteiger partial charge in [0.1, 0.15) is 45.2 Å². The first-order valence-corrected chi connectivity index (χ1v) is 36.0. The van der Waals surface area contributed by atoms with Gasteiger partial charge in [-0.2, -0.15) is 52.3 Å². The van der Waals surface area contributed by atoms with Crippen LogP contribution in [0.4, 0.5) is 43.9 Å². The Morgan fingerprint density at radius 1 is 0.559 bits per heavy atom. The minimum Gasteiger partial charge on any atom is -0.464 e. The fraction of sp³-hybridized carbons (Fsp3) is 0.776. The first-order chi connectivity index (χ1) is 43.1. The molecule has 13 nitrogen and oxygen atoms in total. The van der Waals surface area contributed by atoms with Gasteiger partial charge in [0.2, 0.25) is 0 Å². The monoisotopic (exact) mass is 1380 g/mol. The Bertz CT molecular complexity index is 3280. The first-order valence-electron chi connectivity index (χ1n) is 32.6. The molecule has 3 aliphatic heterocycles. The number of alkyl halides is 10. The van der Waals surface area contributed by atoms with Crippen LogP contribution in [0, 0.1) is 69.5 Å². The lowest BCUT2D eigenvalue weighted by molar-refractivity contribution is -0.346. The molecule has 15 fully saturated rings. The summed E-state index contributed by atoms with van der Waals surface area (Å²) in [6, 6.07) is 14.2. The quantitative estimate of drug-likeness (QED) is 0.0975. The Hall–Kier alpha value is -3.40. The van der Waals surface area contributed by atoms with E-state index in [0.29, 0.717) is 51.4 Å². The van der Waals surface area contributed by atoms with E-state index in [-0.39, 0.29) is 98.2 Å². The normalized spacial score (nSPS) is 40.2. The van der Waals surface area contributed by atoms with Crippen molar-refractivity contribution in [3.05, 3.63) is 59.2 Å². The van der Waals surface area contributed by atoms with Crippen molar-refractivity contribution in [2.75, 3.05) is 51.1 Å². The maximum Gasteiger partial charge on any atom is 0.465 e. The Morgan fingerprint density at radius 3 is 1.35 bits per heavy atom. The van der Waals surface area contributed by atoms with Crippen molar-refractivity contribution in [3.8, 4) is 11.1 Å². The molecule has 2 aromatic rings. The number of carbonyl (C=O) groups is 3. The molecule has 15 aliphatic rings. The van der Waals surface area contributed by atoms with E-state index in [1.54, 1.807) is 23.5 Å². The Kier molecular flexibility index (Phi) is 15.3. The third-order valence-corrected chi connectivity index (χ3v) is 29.7. The van der Waals surface area contributed by atoms with Gasteiger partial charge in [0.15, 0.2) is 11.6 Å². The molecule has 0 radical (unpaired) electrons. The zero-order valence-electron chi connectivity index (χ0n) is 52.7. The lowest BCUT2D eigenvalue weighted by Gasteiger charge is -2.68. The number of halogens is 10. The Morgan fingerprint density at radius 2 is 0.968 bits per heavy atom. The minimum atomic E-state index is -6.29. The van der Waals surface area contributed by atoms with E-state index in [9.17, 15) is 52.9 Å². The van der Waals surface area contributed by atoms with E-state index < -0.39 is 156 Å². The lowest BCUT2D eigenvalue weighted by atomic mass is 9.47. The summed E-state index contributed by atoms with van der Waals surface area (Å²) in [5.74, 6) is -29.4. The van der Waals surface area contributed by atoms with Crippen molar-refractivity contribution in [1.29, 1.82) is 0 Å². The summed E-state index contributed by atoms with van der Waals surface area (Å²) in [5, 5.41) is -5.31. The molecule has 3 spiro atoms. The molecule has 1 N–H and O–H groups in total. The van der Waals surface area contributed by atoms with Crippen LogP contribution < -0.4 is 0 Å². The average Bonchev–Trinajstić information content (AvgIpc) is 0.836. The second kappa shape index (κ2) is 21.3. The molecule has 7 atom stereocenters. The fourth-order valence-electron chi connectivity index (χ4n) is 20.3. The lowest BCUT2D eigenvalue weighted by Crippen LogP contribution is -2.67. The van der Waals surface area contributed by atoms with Crippen LogP contribution in [0.25, 0.3) is 11.1 Å². The Balaban J connectivity index is 0.760. The standard InChI is InChI=1S/C67H80F10O13S3/c1-54(2,3)41-10-7-38(8-11-41)39-9-12-49(55(4,5)6)48(19-39)50-40-17-46-26-59(50,90-53(80)67(76,77)93(81,82)83)27-47(18-40)66(46)91-34-56(35-92-66,28-84-51(78)57-20-36-13-42(22-57)64(43(14-36)23-57)86-30-60(68,69)61(70,71)31-87-64)29-85-52(79)58-21-37-15-44(24-58)65(45(16-37)25-58)88-32-62(72,73)63(74,75)33-89-65/h7-12,19,36-37,40,42-47,50H,13-18,20-35H2,1-6H3,(H,81,82,83). The number of ether oxygens (including phenoxy) is 7. The van der Waals surface area contributed by atoms with Gasteiger partial charge in [-0.05, 0) is 158 Å². The summed E-state index contributed by atoms with van der Waals surface area (Å²) in [6.45, 7) is 5.55. The number of hydrogen-bond donors (Lipinski definition) is 1. The predicted octanol–water partition coefficient (Wildman–Crippen LogP) is 14.2. The predicted molar refractivity (Wildman–Crippen MR) is 319 cm³/mol. The highest BCUT2D eigenvalue weighted by Gasteiger charge is 2.75. The highest BCUT2D eigenvalue weighted by atomic mass is 32.2. The van der Waals surface area contributed by atoms with Crippen molar-refractivity contribution < 1.29 is 104 Å². The highest BCUT2D eigenvalue weighted by molar-refractivity contribution is 8.18. The molecule has 0 aromatic heterocycles. The molecule has 93 heavy (non-hydrogen) atoms. The van der Waals surface area contributed by atoms with Crippen LogP contribution in [-0.4, -0.2) is 132 Å². The van der Waals surface area contributed by atoms with Crippen LogP contribution in [-0.2, 0) is 68.5 Å². The zero-order valence-corrected chi connectivity index (χ0v) is 55.2. The number of carbonyl (C=O) groups excluding carboxylic acids is 3. The largest absolute Gasteiger partial charge is 0.465 e. The molecule has 12 aliphatic carbocycles. The maximum absolute atomic E-state index is 15.7. The number of thioether (sulfide) groups is 2. The molecular formula is C67H80F10O13S3. The number of hydrogen-bond acceptors (Lipinski definition) is 14. The SMILES string of the molecule is CC(C)(C)c1ccc(-c2ccc(C(C)(C)C)c(C3C4CC5CC3(OC(=O)C(F)(F)S(=O)(=O)O)CC(C4)C53SCC(COC(=O)C45CC6CC(C4)C4(OCC(F)(F)C(F)(F)CO4)C(C6)C5)(COC(=O)C45CC6CC(C4)C4(OCC(F)(F)C(F)(F)CO4)C(C6)C5)CS3)c2)cc1. The van der Waals surface area contributed by atoms with Gasteiger partial charge in [0.05, 0.1) is 20.3 Å². The molecule has 3 heterocycles. The smallest absolute Gasteiger partial charge is 0.464 e. The number of rotatable bonds is 11. The summed E-state index contributed by atoms with van der Waals surface area (Å²) in [5.41, 5.74) is -1.36. The third-order valence-electron chi connectivity index (χ3n) is 24.4. The molecule has 26 heteroatoms. The topological polar surface area (TPSA) is 170 Å². The fourth-order valence-corrected chi connectivity index (χ4v) is 24.7. The molecule has 7 unspecified atom stereocenters. The molecular weight excluding hydrogens is 1300 g/mol. The van der Waals surface area contributed by atoms with Gasteiger partial charge < -0.3 is 33.2 Å². The average molecular weight is 1380 g/mol. The summed E-state index contributed by atoms with van der Waals surface area (Å²) in [4.78, 5) is 44.0. The summed E-state index contributed by atoms with van der Waals surface area (Å²) < 4.78 is 225. The van der Waals surface area contributed by atoms with Gasteiger partial charge in [-0.1, -0.05) is 84.0 Å². The first kappa shape index (κ1) is 66.8. The van der Waals surface area contributed by atoms with Crippen LogP contribution in [0.15, 0.2) is 42.5 Å². The minimum absolute atomic E-state index is 0.0233. The van der Waals surface area contributed by atoms with Crippen LogP contribution in [0.1, 0.15) is 154 Å². The maximum atomic E-state index is 15.7. The van der Waals surface area contributed by atoms with Crippen molar-refractivity contribution in [2.24, 2.45) is 69.5 Å². The van der Waals surface area contributed by atoms with Gasteiger partial charge in [0.25, 0.3) is 0 Å². The Labute approximate surface area is 542 Å². The number of benzene rings is 2. The van der Waals surface area contributed by atoms with Gasteiger partial charge in [-0.3, -0.25) is 14.1 Å². The second-order valence-electron chi connectivity index (χ2n) is 32.5. The van der Waals surface area contributed by atoms with Crippen LogP contribution >= 0.6 is 23.5 Å². The van der Waals surface area contributed by atoms with E-state index in [2.05, 4.69) is 32.9 Å². The van der Waals surface area contributed by atoms with E-state index in [1.807, 2.05) is 51.1 Å². The second-order valence-corrected chi connectivity index (χ2v) is 36.7. The van der Waals surface area contributed by atoms with E-state index >= 15 is 18.4 Å². The zero-order chi connectivity index (χ0) is 66.8.